The molecule has 1 unspecified atom stereocenters. The van der Waals surface area contributed by atoms with E-state index in [2.05, 4.69) is 62.9 Å². The highest BCUT2D eigenvalue weighted by atomic mass is 16.5. The number of amides is 3. The number of nitriles is 1. The van der Waals surface area contributed by atoms with E-state index in [1.54, 1.807) is 17.0 Å². The van der Waals surface area contributed by atoms with Crippen molar-refractivity contribution in [1.29, 1.82) is 5.26 Å². The zero-order valence-corrected chi connectivity index (χ0v) is 29.4. The second-order valence-corrected chi connectivity index (χ2v) is 14.4. The number of carbonyl (C=O) groups is 3. The van der Waals surface area contributed by atoms with E-state index in [4.69, 9.17) is 4.74 Å². The summed E-state index contributed by atoms with van der Waals surface area (Å²) < 4.78 is 6.21. The number of fused-ring (bicyclic) bond motifs is 1. The van der Waals surface area contributed by atoms with Crippen molar-refractivity contribution >= 4 is 23.4 Å². The summed E-state index contributed by atoms with van der Waals surface area (Å²) in [6.07, 6.45) is 9.18. The first kappa shape index (κ1) is 34.7. The van der Waals surface area contributed by atoms with Gasteiger partial charge in [-0.2, -0.15) is 5.26 Å². The Hall–Kier alpha value is -4.72. The van der Waals surface area contributed by atoms with Crippen molar-refractivity contribution in [3.05, 3.63) is 94.0 Å². The normalized spacial score (nSPS) is 19.9. The molecule has 2 saturated heterocycles. The monoisotopic (exact) mass is 688 g/mol. The summed E-state index contributed by atoms with van der Waals surface area (Å²) in [7, 11) is 0. The number of ether oxygens (including phenoxy) is 1. The number of anilines is 1. The molecule has 3 aromatic rings. The third kappa shape index (κ3) is 8.27. The van der Waals surface area contributed by atoms with E-state index in [1.165, 1.54) is 43.4 Å². The van der Waals surface area contributed by atoms with Crippen LogP contribution in [0.3, 0.4) is 0 Å². The summed E-state index contributed by atoms with van der Waals surface area (Å²) in [5, 5.41) is 15.8. The van der Waals surface area contributed by atoms with Gasteiger partial charge in [0, 0.05) is 62.0 Å². The number of imide groups is 1. The maximum absolute atomic E-state index is 13.2. The van der Waals surface area contributed by atoms with Gasteiger partial charge >= 0.3 is 0 Å². The Balaban J connectivity index is 0.876. The number of piperidine rings is 1. The molecule has 1 saturated carbocycles. The van der Waals surface area contributed by atoms with Crippen LogP contribution in [0.5, 0.6) is 5.75 Å². The molecule has 0 radical (unpaired) electrons. The predicted molar refractivity (Wildman–Crippen MR) is 195 cm³/mol. The first-order chi connectivity index (χ1) is 24.9. The van der Waals surface area contributed by atoms with Crippen LogP contribution in [-0.4, -0.2) is 72.3 Å². The second-order valence-electron chi connectivity index (χ2n) is 14.4. The largest absolute Gasteiger partial charge is 0.489 e. The molecule has 3 fully saturated rings. The fourth-order valence-electron chi connectivity index (χ4n) is 8.00. The average molecular weight is 689 g/mol. The van der Waals surface area contributed by atoms with Crippen LogP contribution in [0, 0.1) is 11.3 Å². The molecule has 10 heteroatoms. The number of carbonyl (C=O) groups excluding carboxylic acids is 3. The molecule has 4 aliphatic rings. The highest BCUT2D eigenvalue weighted by Crippen LogP contribution is 2.34. The molecule has 266 valence electrons. The minimum atomic E-state index is -0.650. The highest BCUT2D eigenvalue weighted by Gasteiger charge is 2.40. The molecule has 0 bridgehead atoms. The number of nitrogens with zero attached hydrogens (tertiary/aromatic N) is 4. The highest BCUT2D eigenvalue weighted by molar-refractivity contribution is 6.05. The average Bonchev–Trinajstić information content (AvgIpc) is 3.50. The van der Waals surface area contributed by atoms with E-state index >= 15 is 0 Å². The third-order valence-corrected chi connectivity index (χ3v) is 11.0. The third-order valence-electron chi connectivity index (χ3n) is 11.0. The predicted octanol–water partition coefficient (Wildman–Crippen LogP) is 5.08. The van der Waals surface area contributed by atoms with Crippen LogP contribution in [0.25, 0.3) is 0 Å². The number of hydrogen-bond acceptors (Lipinski definition) is 8. The van der Waals surface area contributed by atoms with Crippen LogP contribution in [0.4, 0.5) is 5.69 Å². The molecule has 1 aliphatic carbocycles. The van der Waals surface area contributed by atoms with E-state index in [9.17, 15) is 19.6 Å². The molecule has 3 amide bonds. The number of benzene rings is 3. The smallest absolute Gasteiger partial charge is 0.255 e. The first-order valence-electron chi connectivity index (χ1n) is 18.7. The molecule has 1 atom stereocenters. The maximum Gasteiger partial charge on any atom is 0.255 e. The SMILES string of the molecule is N#Cc1ccc(N2CCN(Cc3ccc(COc4cccc5c4CN(C4CCC(=O)NC4=O)C5=O)cc3)CC2)cc1CCCNC1CCCCC1. The molecule has 10 nitrogen and oxygen atoms in total. The van der Waals surface area contributed by atoms with E-state index in [-0.39, 0.29) is 24.8 Å². The van der Waals surface area contributed by atoms with Crippen LogP contribution in [0.1, 0.15) is 89.5 Å². The van der Waals surface area contributed by atoms with Gasteiger partial charge in [-0.3, -0.25) is 24.6 Å². The number of rotatable bonds is 12. The lowest BCUT2D eigenvalue weighted by atomic mass is 9.95. The summed E-state index contributed by atoms with van der Waals surface area (Å²) in [6, 6.07) is 22.7. The lowest BCUT2D eigenvalue weighted by molar-refractivity contribution is -0.136. The van der Waals surface area contributed by atoms with Gasteiger partial charge in [-0.05, 0) is 85.7 Å². The van der Waals surface area contributed by atoms with Gasteiger partial charge in [-0.1, -0.05) is 49.6 Å². The molecule has 2 N–H and O–H groups in total. The van der Waals surface area contributed by atoms with Crippen molar-refractivity contribution in [1.82, 2.24) is 20.4 Å². The minimum Gasteiger partial charge on any atom is -0.489 e. The Morgan fingerprint density at radius 2 is 1.69 bits per heavy atom. The summed E-state index contributed by atoms with van der Waals surface area (Å²) in [5.74, 6) is -0.279. The maximum atomic E-state index is 13.2. The van der Waals surface area contributed by atoms with Crippen LogP contribution in [0.15, 0.2) is 60.7 Å². The van der Waals surface area contributed by atoms with Gasteiger partial charge in [0.1, 0.15) is 18.4 Å². The van der Waals surface area contributed by atoms with Crippen molar-refractivity contribution in [2.75, 3.05) is 37.6 Å². The summed E-state index contributed by atoms with van der Waals surface area (Å²) in [4.78, 5) is 43.7. The number of aryl methyl sites for hydroxylation is 1. The molecular weight excluding hydrogens is 640 g/mol. The Morgan fingerprint density at radius 3 is 2.45 bits per heavy atom. The number of piperazine rings is 1. The fourth-order valence-corrected chi connectivity index (χ4v) is 8.00. The van der Waals surface area contributed by atoms with Crippen molar-refractivity contribution in [2.45, 2.75) is 89.6 Å². The molecule has 3 aromatic carbocycles. The number of nitrogens with one attached hydrogen (secondary N) is 2. The van der Waals surface area contributed by atoms with Crippen LogP contribution in [-0.2, 0) is 35.7 Å². The molecule has 3 aliphatic heterocycles. The Bertz CT molecular complexity index is 1770. The van der Waals surface area contributed by atoms with Gasteiger partial charge in [0.05, 0.1) is 18.2 Å². The molecule has 0 spiro atoms. The fraction of sp³-hybridized carbons (Fsp3) is 0.463. The van der Waals surface area contributed by atoms with Gasteiger partial charge in [-0.15, -0.1) is 0 Å². The van der Waals surface area contributed by atoms with Crippen LogP contribution < -0.4 is 20.3 Å². The minimum absolute atomic E-state index is 0.204. The molecule has 7 rings (SSSR count). The van der Waals surface area contributed by atoms with E-state index in [1.807, 2.05) is 12.1 Å². The van der Waals surface area contributed by atoms with Gasteiger partial charge < -0.3 is 19.9 Å². The molecule has 0 aromatic heterocycles. The lowest BCUT2D eigenvalue weighted by Gasteiger charge is -2.36. The van der Waals surface area contributed by atoms with E-state index in [0.29, 0.717) is 30.4 Å². The van der Waals surface area contributed by atoms with Gasteiger partial charge in [-0.25, -0.2) is 0 Å². The second kappa shape index (κ2) is 16.1. The zero-order chi connectivity index (χ0) is 35.2. The molecule has 51 heavy (non-hydrogen) atoms. The number of hydrogen-bond donors (Lipinski definition) is 2. The van der Waals surface area contributed by atoms with E-state index < -0.39 is 11.9 Å². The van der Waals surface area contributed by atoms with Crippen molar-refractivity contribution in [2.24, 2.45) is 0 Å². The summed E-state index contributed by atoms with van der Waals surface area (Å²) in [5.41, 5.74) is 6.78. The Morgan fingerprint density at radius 1 is 0.902 bits per heavy atom. The Labute approximate surface area is 300 Å². The molecular formula is C41H48N6O4. The van der Waals surface area contributed by atoms with Gasteiger partial charge in [0.15, 0.2) is 0 Å². The lowest BCUT2D eigenvalue weighted by Crippen LogP contribution is -2.52. The van der Waals surface area contributed by atoms with Crippen molar-refractivity contribution in [3.8, 4) is 11.8 Å². The molecule has 3 heterocycles. The van der Waals surface area contributed by atoms with Crippen molar-refractivity contribution in [3.63, 3.8) is 0 Å². The Kier molecular flexibility index (Phi) is 11.0. The van der Waals surface area contributed by atoms with Crippen LogP contribution >= 0.6 is 0 Å². The van der Waals surface area contributed by atoms with Crippen molar-refractivity contribution < 1.29 is 19.1 Å². The van der Waals surface area contributed by atoms with Crippen LogP contribution in [0.2, 0.25) is 0 Å². The van der Waals surface area contributed by atoms with Gasteiger partial charge in [0.2, 0.25) is 11.8 Å². The zero-order valence-electron chi connectivity index (χ0n) is 29.4. The first-order valence-corrected chi connectivity index (χ1v) is 18.7. The summed E-state index contributed by atoms with van der Waals surface area (Å²) >= 11 is 0. The quantitative estimate of drug-likeness (QED) is 0.200. The standard InChI is InChI=1S/C41H48N6O4/c42-25-32-15-16-34(24-31(32)6-5-19-43-33-7-2-1-3-8-33)46-22-20-45(21-23-46)26-29-11-13-30(14-12-29)28-51-38-10-4-9-35-36(38)27-47(41(35)50)37-17-18-39(48)44-40(37)49/h4,9-16,24,33,37,43H,1-3,5-8,17-23,26-28H2,(H,44,48,49). The van der Waals surface area contributed by atoms with Gasteiger partial charge in [0.25, 0.3) is 5.91 Å². The van der Waals surface area contributed by atoms with E-state index in [0.717, 1.165) is 74.4 Å². The topological polar surface area (TPSA) is 118 Å². The summed E-state index contributed by atoms with van der Waals surface area (Å²) in [6.45, 7) is 6.39.